The van der Waals surface area contributed by atoms with E-state index >= 15 is 0 Å². The van der Waals surface area contributed by atoms with Crippen molar-refractivity contribution in [2.45, 2.75) is 11.8 Å². The minimum atomic E-state index is 0.0761. The highest BCUT2D eigenvalue weighted by molar-refractivity contribution is 8.00. The lowest BCUT2D eigenvalue weighted by Gasteiger charge is -2.26. The number of carbonyl (C=O) groups is 1. The molecule has 1 amide bonds. The molecule has 0 aliphatic carbocycles. The van der Waals surface area contributed by atoms with Gasteiger partial charge < -0.3 is 14.8 Å². The number of hydrogen-bond donors (Lipinski definition) is 1. The first-order valence-corrected chi connectivity index (χ1v) is 8.69. The molecular formula is C16H24N2O3S. The van der Waals surface area contributed by atoms with Gasteiger partial charge in [-0.2, -0.15) is 0 Å². The maximum Gasteiger partial charge on any atom is 0.230 e. The number of amides is 1. The van der Waals surface area contributed by atoms with Crippen LogP contribution in [-0.2, 0) is 9.53 Å². The molecule has 5 nitrogen and oxygen atoms in total. The van der Waals surface area contributed by atoms with Gasteiger partial charge >= 0.3 is 0 Å². The zero-order chi connectivity index (χ0) is 15.6. The molecule has 1 saturated heterocycles. The minimum absolute atomic E-state index is 0.0761. The topological polar surface area (TPSA) is 50.8 Å². The fourth-order valence-electron chi connectivity index (χ4n) is 2.18. The first kappa shape index (κ1) is 17.1. The molecule has 0 atom stereocenters. The standard InChI is InChI=1S/C16H24N2O3S/c1-2-21-14-3-5-15(6-4-14)22-13-16(19)17-7-8-18-9-11-20-12-10-18/h3-6H,2,7-13H2,1H3,(H,17,19). The normalized spacial score (nSPS) is 15.5. The largest absolute Gasteiger partial charge is 0.494 e. The summed E-state index contributed by atoms with van der Waals surface area (Å²) in [5, 5.41) is 2.96. The second-order valence-electron chi connectivity index (χ2n) is 5.00. The molecule has 1 aromatic carbocycles. The first-order chi connectivity index (χ1) is 10.8. The van der Waals surface area contributed by atoms with Crippen LogP contribution in [0.4, 0.5) is 0 Å². The Morgan fingerprint density at radius 1 is 1.32 bits per heavy atom. The van der Waals surface area contributed by atoms with Crippen LogP contribution >= 0.6 is 11.8 Å². The van der Waals surface area contributed by atoms with E-state index in [0.717, 1.165) is 43.5 Å². The SMILES string of the molecule is CCOc1ccc(SCC(=O)NCCN2CCOCC2)cc1. The molecule has 1 aliphatic rings. The average molecular weight is 324 g/mol. The lowest BCUT2D eigenvalue weighted by Crippen LogP contribution is -2.41. The van der Waals surface area contributed by atoms with Crippen LogP contribution in [0, 0.1) is 0 Å². The third-order valence-electron chi connectivity index (χ3n) is 3.36. The number of nitrogens with one attached hydrogen (secondary N) is 1. The summed E-state index contributed by atoms with van der Waals surface area (Å²) < 4.78 is 10.7. The zero-order valence-corrected chi connectivity index (χ0v) is 13.9. The molecule has 1 aliphatic heterocycles. The number of thioether (sulfide) groups is 1. The van der Waals surface area contributed by atoms with Crippen molar-refractivity contribution in [1.82, 2.24) is 10.2 Å². The van der Waals surface area contributed by atoms with Gasteiger partial charge in [-0.15, -0.1) is 11.8 Å². The third-order valence-corrected chi connectivity index (χ3v) is 4.37. The molecule has 1 N–H and O–H groups in total. The molecule has 1 heterocycles. The number of morpholine rings is 1. The molecule has 6 heteroatoms. The van der Waals surface area contributed by atoms with Gasteiger partial charge in [0.1, 0.15) is 5.75 Å². The predicted octanol–water partition coefficient (Wildman–Crippen LogP) is 1.63. The minimum Gasteiger partial charge on any atom is -0.494 e. The quantitative estimate of drug-likeness (QED) is 0.737. The zero-order valence-electron chi connectivity index (χ0n) is 13.0. The van der Waals surface area contributed by atoms with Crippen molar-refractivity contribution in [2.24, 2.45) is 0 Å². The summed E-state index contributed by atoms with van der Waals surface area (Å²) in [7, 11) is 0. The van der Waals surface area contributed by atoms with Crippen LogP contribution in [0.2, 0.25) is 0 Å². The van der Waals surface area contributed by atoms with Gasteiger partial charge in [-0.05, 0) is 31.2 Å². The Labute approximate surface area is 136 Å². The molecule has 1 fully saturated rings. The van der Waals surface area contributed by atoms with E-state index < -0.39 is 0 Å². The van der Waals surface area contributed by atoms with E-state index in [1.54, 1.807) is 11.8 Å². The van der Waals surface area contributed by atoms with Crippen molar-refractivity contribution in [3.05, 3.63) is 24.3 Å². The van der Waals surface area contributed by atoms with E-state index in [4.69, 9.17) is 9.47 Å². The van der Waals surface area contributed by atoms with Crippen LogP contribution in [0.25, 0.3) is 0 Å². The number of rotatable bonds is 8. The van der Waals surface area contributed by atoms with Gasteiger partial charge in [0.15, 0.2) is 0 Å². The number of nitrogens with zero attached hydrogens (tertiary/aromatic N) is 1. The maximum absolute atomic E-state index is 11.8. The Morgan fingerprint density at radius 3 is 2.73 bits per heavy atom. The van der Waals surface area contributed by atoms with Crippen molar-refractivity contribution in [3.63, 3.8) is 0 Å². The van der Waals surface area contributed by atoms with Crippen molar-refractivity contribution in [1.29, 1.82) is 0 Å². The smallest absolute Gasteiger partial charge is 0.230 e. The number of ether oxygens (including phenoxy) is 2. The molecule has 0 saturated carbocycles. The van der Waals surface area contributed by atoms with Gasteiger partial charge in [0.05, 0.1) is 25.6 Å². The number of benzene rings is 1. The average Bonchev–Trinajstić information content (AvgIpc) is 2.55. The fourth-order valence-corrected chi connectivity index (χ4v) is 2.91. The Kier molecular flexibility index (Phi) is 7.56. The van der Waals surface area contributed by atoms with Crippen molar-refractivity contribution < 1.29 is 14.3 Å². The van der Waals surface area contributed by atoms with Crippen molar-refractivity contribution in [2.75, 3.05) is 51.8 Å². The van der Waals surface area contributed by atoms with Gasteiger partial charge in [-0.25, -0.2) is 0 Å². The van der Waals surface area contributed by atoms with Crippen LogP contribution in [0.3, 0.4) is 0 Å². The van der Waals surface area contributed by atoms with Crippen LogP contribution < -0.4 is 10.1 Å². The van der Waals surface area contributed by atoms with Gasteiger partial charge in [0.2, 0.25) is 5.91 Å². The molecule has 0 radical (unpaired) electrons. The summed E-state index contributed by atoms with van der Waals surface area (Å²) in [6.07, 6.45) is 0. The molecule has 0 aromatic heterocycles. The fraction of sp³-hybridized carbons (Fsp3) is 0.562. The highest BCUT2D eigenvalue weighted by Gasteiger charge is 2.10. The van der Waals surface area contributed by atoms with E-state index in [9.17, 15) is 4.79 Å². The summed E-state index contributed by atoms with van der Waals surface area (Å²) in [6, 6.07) is 7.83. The highest BCUT2D eigenvalue weighted by atomic mass is 32.2. The number of hydrogen-bond acceptors (Lipinski definition) is 5. The van der Waals surface area contributed by atoms with E-state index in [-0.39, 0.29) is 5.91 Å². The molecule has 1 aromatic rings. The summed E-state index contributed by atoms with van der Waals surface area (Å²) in [5.74, 6) is 1.38. The number of carbonyl (C=O) groups excluding carboxylic acids is 1. The molecule has 122 valence electrons. The Balaban J connectivity index is 1.60. The summed E-state index contributed by atoms with van der Waals surface area (Å²) in [4.78, 5) is 15.2. The van der Waals surface area contributed by atoms with Crippen molar-refractivity contribution >= 4 is 17.7 Å². The predicted molar refractivity (Wildman–Crippen MR) is 88.6 cm³/mol. The molecule has 0 spiro atoms. The first-order valence-electron chi connectivity index (χ1n) is 7.70. The second-order valence-corrected chi connectivity index (χ2v) is 6.05. The summed E-state index contributed by atoms with van der Waals surface area (Å²) >= 11 is 1.54. The summed E-state index contributed by atoms with van der Waals surface area (Å²) in [5.41, 5.74) is 0. The molecule has 0 unspecified atom stereocenters. The van der Waals surface area contributed by atoms with Crippen LogP contribution in [-0.4, -0.2) is 62.6 Å². The Bertz CT molecular complexity index is 447. The molecular weight excluding hydrogens is 300 g/mol. The molecule has 2 rings (SSSR count). The molecule has 22 heavy (non-hydrogen) atoms. The second kappa shape index (κ2) is 9.71. The highest BCUT2D eigenvalue weighted by Crippen LogP contribution is 2.21. The van der Waals surface area contributed by atoms with E-state index in [0.29, 0.717) is 18.9 Å². The lowest BCUT2D eigenvalue weighted by molar-refractivity contribution is -0.118. The van der Waals surface area contributed by atoms with Crippen molar-refractivity contribution in [3.8, 4) is 5.75 Å². The van der Waals surface area contributed by atoms with E-state index in [1.807, 2.05) is 31.2 Å². The third kappa shape index (κ3) is 6.25. The van der Waals surface area contributed by atoms with Gasteiger partial charge in [-0.1, -0.05) is 0 Å². The molecule has 0 bridgehead atoms. The van der Waals surface area contributed by atoms with E-state index in [2.05, 4.69) is 10.2 Å². The Hall–Kier alpha value is -1.24. The summed E-state index contributed by atoms with van der Waals surface area (Å²) in [6.45, 7) is 7.71. The monoisotopic (exact) mass is 324 g/mol. The maximum atomic E-state index is 11.8. The Morgan fingerprint density at radius 2 is 2.05 bits per heavy atom. The van der Waals surface area contributed by atoms with Crippen LogP contribution in [0.1, 0.15) is 6.92 Å². The van der Waals surface area contributed by atoms with Gasteiger partial charge in [0.25, 0.3) is 0 Å². The van der Waals surface area contributed by atoms with Gasteiger partial charge in [-0.3, -0.25) is 9.69 Å². The lowest BCUT2D eigenvalue weighted by atomic mass is 10.3. The van der Waals surface area contributed by atoms with Crippen LogP contribution in [0.15, 0.2) is 29.2 Å². The van der Waals surface area contributed by atoms with E-state index in [1.165, 1.54) is 0 Å². The van der Waals surface area contributed by atoms with Crippen LogP contribution in [0.5, 0.6) is 5.75 Å². The van der Waals surface area contributed by atoms with Gasteiger partial charge in [0, 0.05) is 31.1 Å².